The Kier molecular flexibility index (Phi) is 5.27. The molecule has 31 heavy (non-hydrogen) atoms. The van der Waals surface area contributed by atoms with Crippen molar-refractivity contribution in [2.75, 3.05) is 10.6 Å². The van der Waals surface area contributed by atoms with Gasteiger partial charge in [0.05, 0.1) is 4.90 Å². The topological polar surface area (TPSA) is 70.2 Å². The van der Waals surface area contributed by atoms with E-state index in [4.69, 9.17) is 12.2 Å². The van der Waals surface area contributed by atoms with E-state index in [1.807, 2.05) is 0 Å². The van der Waals surface area contributed by atoms with Gasteiger partial charge >= 0.3 is 0 Å². The first-order chi connectivity index (χ1) is 14.8. The number of thiocarbonyl (C=S) groups is 1. The average molecular weight is 460 g/mol. The number of halogens is 1. The molecule has 0 radical (unpaired) electrons. The highest BCUT2D eigenvalue weighted by atomic mass is 32.2. The van der Waals surface area contributed by atoms with Gasteiger partial charge in [0.15, 0.2) is 5.11 Å². The van der Waals surface area contributed by atoms with Crippen molar-refractivity contribution in [3.63, 3.8) is 0 Å². The highest BCUT2D eigenvalue weighted by molar-refractivity contribution is 7.89. The van der Waals surface area contributed by atoms with Crippen molar-refractivity contribution in [1.29, 1.82) is 0 Å². The van der Waals surface area contributed by atoms with E-state index in [1.165, 1.54) is 31.4 Å². The lowest BCUT2D eigenvalue weighted by atomic mass is 9.53. The Labute approximate surface area is 187 Å². The highest BCUT2D eigenvalue weighted by Crippen LogP contribution is 2.55. The zero-order valence-electron chi connectivity index (χ0n) is 17.1. The van der Waals surface area contributed by atoms with Crippen molar-refractivity contribution in [2.45, 2.75) is 49.0 Å². The number of anilines is 2. The molecule has 6 rings (SSSR count). The minimum absolute atomic E-state index is 0.262. The second-order valence-corrected chi connectivity index (χ2v) is 11.5. The van der Waals surface area contributed by atoms with Crippen LogP contribution in [0, 0.1) is 23.6 Å². The van der Waals surface area contributed by atoms with Crippen LogP contribution in [0.25, 0.3) is 0 Å². The Balaban J connectivity index is 1.24. The van der Waals surface area contributed by atoms with Crippen LogP contribution in [0.4, 0.5) is 15.8 Å². The first-order valence-electron chi connectivity index (χ1n) is 10.8. The van der Waals surface area contributed by atoms with Crippen LogP contribution in [-0.2, 0) is 10.0 Å². The normalized spacial score (nSPS) is 29.0. The summed E-state index contributed by atoms with van der Waals surface area (Å²) >= 11 is 5.26. The maximum Gasteiger partial charge on any atom is 0.241 e. The summed E-state index contributed by atoms with van der Waals surface area (Å²) in [6, 6.07) is 12.6. The summed E-state index contributed by atoms with van der Waals surface area (Å²) < 4.78 is 42.6. The number of rotatable bonds is 5. The lowest BCUT2D eigenvalue weighted by Crippen LogP contribution is -2.59. The van der Waals surface area contributed by atoms with Crippen LogP contribution >= 0.6 is 12.2 Å². The van der Waals surface area contributed by atoms with E-state index in [-0.39, 0.29) is 16.3 Å². The van der Waals surface area contributed by atoms with Crippen molar-refractivity contribution in [3.05, 3.63) is 54.3 Å². The molecule has 2 aromatic rings. The Morgan fingerprint density at radius 2 is 1.48 bits per heavy atom. The molecule has 4 bridgehead atoms. The van der Waals surface area contributed by atoms with E-state index in [9.17, 15) is 12.8 Å². The van der Waals surface area contributed by atoms with Crippen molar-refractivity contribution < 1.29 is 12.8 Å². The molecule has 0 heterocycles. The predicted molar refractivity (Wildman–Crippen MR) is 124 cm³/mol. The zero-order valence-corrected chi connectivity index (χ0v) is 18.7. The molecule has 2 aromatic carbocycles. The van der Waals surface area contributed by atoms with Crippen LogP contribution in [0.3, 0.4) is 0 Å². The fraction of sp³-hybridized carbons (Fsp3) is 0.435. The van der Waals surface area contributed by atoms with Gasteiger partial charge in [0, 0.05) is 16.9 Å². The van der Waals surface area contributed by atoms with Gasteiger partial charge in [-0.15, -0.1) is 0 Å². The number of nitrogens with one attached hydrogen (secondary N) is 3. The number of hydrogen-bond acceptors (Lipinski definition) is 3. The summed E-state index contributed by atoms with van der Waals surface area (Å²) in [7, 11) is -3.59. The molecule has 8 heteroatoms. The van der Waals surface area contributed by atoms with Crippen LogP contribution in [0.15, 0.2) is 53.4 Å². The summed E-state index contributed by atoms with van der Waals surface area (Å²) in [5, 5.41) is 6.21. The zero-order chi connectivity index (χ0) is 21.6. The first-order valence-corrected chi connectivity index (χ1v) is 12.7. The van der Waals surface area contributed by atoms with Crippen LogP contribution in [0.5, 0.6) is 0 Å². The molecule has 0 spiro atoms. The van der Waals surface area contributed by atoms with Gasteiger partial charge in [0.1, 0.15) is 5.82 Å². The lowest BCUT2D eigenvalue weighted by molar-refractivity contribution is -0.00810. The SMILES string of the molecule is O=S(=O)(NC12CC3CC(CC(C3)C1)C2)c1ccc(NC(=S)Nc2cccc(F)c2)cc1. The van der Waals surface area contributed by atoms with Crippen LogP contribution in [-0.4, -0.2) is 19.1 Å². The lowest BCUT2D eigenvalue weighted by Gasteiger charge is -2.56. The van der Waals surface area contributed by atoms with Crippen LogP contribution < -0.4 is 15.4 Å². The van der Waals surface area contributed by atoms with Crippen molar-refractivity contribution in [1.82, 2.24) is 4.72 Å². The molecule has 0 aromatic heterocycles. The van der Waals surface area contributed by atoms with Crippen LogP contribution in [0.1, 0.15) is 38.5 Å². The summed E-state index contributed by atoms with van der Waals surface area (Å²) in [6.07, 6.45) is 6.72. The maximum atomic E-state index is 13.3. The van der Waals surface area contributed by atoms with Gasteiger partial charge in [-0.1, -0.05) is 6.07 Å². The molecular formula is C23H26FN3O2S2. The third-order valence-electron chi connectivity index (χ3n) is 6.89. The minimum Gasteiger partial charge on any atom is -0.332 e. The molecule has 0 unspecified atom stereocenters. The molecule has 4 saturated carbocycles. The van der Waals surface area contributed by atoms with Crippen LogP contribution in [0.2, 0.25) is 0 Å². The van der Waals surface area contributed by atoms with Gasteiger partial charge in [-0.05, 0) is 111 Å². The second-order valence-electron chi connectivity index (χ2n) is 9.42. The first kappa shape index (κ1) is 20.8. The van der Waals surface area contributed by atoms with Gasteiger partial charge in [-0.25, -0.2) is 17.5 Å². The molecule has 4 aliphatic carbocycles. The minimum atomic E-state index is -3.59. The highest BCUT2D eigenvalue weighted by Gasteiger charge is 2.52. The second kappa shape index (κ2) is 7.83. The molecule has 0 amide bonds. The van der Waals surface area contributed by atoms with Crippen molar-refractivity contribution >= 4 is 38.7 Å². The molecule has 0 aliphatic heterocycles. The van der Waals surface area contributed by atoms with E-state index >= 15 is 0 Å². The molecule has 0 atom stereocenters. The van der Waals surface area contributed by atoms with E-state index in [0.717, 1.165) is 19.3 Å². The number of hydrogen-bond donors (Lipinski definition) is 3. The molecule has 5 nitrogen and oxygen atoms in total. The Hall–Kier alpha value is -2.03. The van der Waals surface area contributed by atoms with Crippen molar-refractivity contribution in [3.8, 4) is 0 Å². The largest absolute Gasteiger partial charge is 0.332 e. The van der Waals surface area contributed by atoms with Gasteiger partial charge in [0.25, 0.3) is 0 Å². The van der Waals surface area contributed by atoms with E-state index in [1.54, 1.807) is 36.4 Å². The van der Waals surface area contributed by atoms with E-state index in [2.05, 4.69) is 15.4 Å². The Bertz CT molecular complexity index is 1070. The van der Waals surface area contributed by atoms with Gasteiger partial charge in [-0.3, -0.25) is 0 Å². The standard InChI is InChI=1S/C23H26FN3O2S2/c24-18-2-1-3-20(11-18)26-22(30)25-19-4-6-21(7-5-19)31(28,29)27-23-12-15-8-16(13-23)10-17(9-15)14-23/h1-7,11,15-17,27H,8-10,12-14H2,(H2,25,26,30). The Morgan fingerprint density at radius 3 is 2.06 bits per heavy atom. The van der Waals surface area contributed by atoms with E-state index < -0.39 is 10.0 Å². The summed E-state index contributed by atoms with van der Waals surface area (Å²) in [6.45, 7) is 0. The van der Waals surface area contributed by atoms with Crippen molar-refractivity contribution in [2.24, 2.45) is 17.8 Å². The Morgan fingerprint density at radius 1 is 0.903 bits per heavy atom. The average Bonchev–Trinajstić information content (AvgIpc) is 2.66. The molecular weight excluding hydrogens is 433 g/mol. The summed E-state index contributed by atoms with van der Waals surface area (Å²) in [5.41, 5.74) is 0.931. The smallest absolute Gasteiger partial charge is 0.241 e. The predicted octanol–water partition coefficient (Wildman–Crippen LogP) is 4.88. The number of sulfonamides is 1. The molecule has 3 N–H and O–H groups in total. The quantitative estimate of drug-likeness (QED) is 0.556. The van der Waals surface area contributed by atoms with E-state index in [0.29, 0.717) is 34.2 Å². The van der Waals surface area contributed by atoms with Gasteiger partial charge in [-0.2, -0.15) is 0 Å². The summed E-state index contributed by atoms with van der Waals surface area (Å²) in [5.74, 6) is 1.67. The third-order valence-corrected chi connectivity index (χ3v) is 8.69. The monoisotopic (exact) mass is 459 g/mol. The maximum absolute atomic E-state index is 13.3. The fourth-order valence-corrected chi connectivity index (χ4v) is 7.82. The molecule has 0 saturated heterocycles. The molecule has 4 fully saturated rings. The number of benzene rings is 2. The summed E-state index contributed by atoms with van der Waals surface area (Å²) in [4.78, 5) is 0.262. The van der Waals surface area contributed by atoms with Gasteiger partial charge in [0.2, 0.25) is 10.0 Å². The third kappa shape index (κ3) is 4.47. The fourth-order valence-electron chi connectivity index (χ4n) is 6.16. The van der Waals surface area contributed by atoms with Gasteiger partial charge < -0.3 is 10.6 Å². The molecule has 164 valence electrons. The molecule has 4 aliphatic rings.